The van der Waals surface area contributed by atoms with E-state index < -0.39 is 5.97 Å². The van der Waals surface area contributed by atoms with E-state index in [1.54, 1.807) is 0 Å². The standard InChI is InChI=1S/C11H21NO2/c1-3-5-10(11(13)14)12-9(4-2)8-6-7-8/h8-10,12H,3-7H2,1-2H3,(H,13,14). The van der Waals surface area contributed by atoms with E-state index in [0.29, 0.717) is 6.04 Å². The molecule has 1 rings (SSSR count). The predicted molar refractivity (Wildman–Crippen MR) is 56.3 cm³/mol. The van der Waals surface area contributed by atoms with Crippen LogP contribution in [0.1, 0.15) is 46.0 Å². The van der Waals surface area contributed by atoms with Gasteiger partial charge in [0.05, 0.1) is 0 Å². The quantitative estimate of drug-likeness (QED) is 0.659. The molecular formula is C11H21NO2. The van der Waals surface area contributed by atoms with Gasteiger partial charge in [-0.3, -0.25) is 4.79 Å². The van der Waals surface area contributed by atoms with Crippen LogP contribution in [-0.2, 0) is 4.79 Å². The van der Waals surface area contributed by atoms with Crippen molar-refractivity contribution in [1.29, 1.82) is 0 Å². The summed E-state index contributed by atoms with van der Waals surface area (Å²) in [5.74, 6) is 0.0321. The number of nitrogens with one attached hydrogen (secondary N) is 1. The first-order chi connectivity index (χ1) is 6.69. The Kier molecular flexibility index (Phi) is 4.39. The fourth-order valence-corrected chi connectivity index (χ4v) is 1.91. The van der Waals surface area contributed by atoms with E-state index in [1.807, 2.05) is 6.92 Å². The minimum atomic E-state index is -0.703. The number of aliphatic carboxylic acids is 1. The van der Waals surface area contributed by atoms with Gasteiger partial charge < -0.3 is 10.4 Å². The molecule has 82 valence electrons. The topological polar surface area (TPSA) is 49.3 Å². The Morgan fingerprint density at radius 1 is 1.50 bits per heavy atom. The van der Waals surface area contributed by atoms with Gasteiger partial charge in [0.2, 0.25) is 0 Å². The molecule has 3 heteroatoms. The van der Waals surface area contributed by atoms with Crippen molar-refractivity contribution in [2.45, 2.75) is 58.0 Å². The van der Waals surface area contributed by atoms with E-state index in [4.69, 9.17) is 5.11 Å². The van der Waals surface area contributed by atoms with Crippen LogP contribution >= 0.6 is 0 Å². The van der Waals surface area contributed by atoms with Crippen molar-refractivity contribution in [3.63, 3.8) is 0 Å². The van der Waals surface area contributed by atoms with Crippen LogP contribution in [0.15, 0.2) is 0 Å². The molecular weight excluding hydrogens is 178 g/mol. The van der Waals surface area contributed by atoms with Crippen LogP contribution in [0, 0.1) is 5.92 Å². The van der Waals surface area contributed by atoms with Crippen LogP contribution in [0.5, 0.6) is 0 Å². The second-order valence-electron chi connectivity index (χ2n) is 4.20. The zero-order valence-electron chi connectivity index (χ0n) is 9.12. The second-order valence-corrected chi connectivity index (χ2v) is 4.20. The molecule has 14 heavy (non-hydrogen) atoms. The van der Waals surface area contributed by atoms with E-state index in [-0.39, 0.29) is 6.04 Å². The Bertz CT molecular complexity index is 190. The number of hydrogen-bond acceptors (Lipinski definition) is 2. The van der Waals surface area contributed by atoms with Crippen LogP contribution in [0.4, 0.5) is 0 Å². The molecule has 0 aliphatic heterocycles. The highest BCUT2D eigenvalue weighted by Gasteiger charge is 2.32. The maximum absolute atomic E-state index is 10.9. The molecule has 0 aromatic carbocycles. The largest absolute Gasteiger partial charge is 0.480 e. The molecule has 0 radical (unpaired) electrons. The van der Waals surface area contributed by atoms with E-state index in [0.717, 1.165) is 25.2 Å². The minimum absolute atomic E-state index is 0.342. The smallest absolute Gasteiger partial charge is 0.320 e. The highest BCUT2D eigenvalue weighted by Crippen LogP contribution is 2.34. The Labute approximate surface area is 85.9 Å². The number of hydrogen-bond donors (Lipinski definition) is 2. The van der Waals surface area contributed by atoms with Crippen LogP contribution in [0.2, 0.25) is 0 Å². The summed E-state index contributed by atoms with van der Waals surface area (Å²) in [6.07, 6.45) is 5.23. The first-order valence-electron chi connectivity index (χ1n) is 5.67. The van der Waals surface area contributed by atoms with Gasteiger partial charge in [0.15, 0.2) is 0 Å². The van der Waals surface area contributed by atoms with Gasteiger partial charge in [-0.05, 0) is 31.6 Å². The molecule has 1 aliphatic carbocycles. The van der Waals surface area contributed by atoms with Gasteiger partial charge in [-0.25, -0.2) is 0 Å². The van der Waals surface area contributed by atoms with Gasteiger partial charge in [-0.2, -0.15) is 0 Å². The van der Waals surface area contributed by atoms with Crippen molar-refractivity contribution in [3.8, 4) is 0 Å². The third kappa shape index (κ3) is 3.29. The van der Waals surface area contributed by atoms with Crippen molar-refractivity contribution >= 4 is 5.97 Å². The first kappa shape index (κ1) is 11.5. The number of carboxylic acids is 1. The van der Waals surface area contributed by atoms with Gasteiger partial charge in [0.25, 0.3) is 0 Å². The fourth-order valence-electron chi connectivity index (χ4n) is 1.91. The number of carbonyl (C=O) groups is 1. The lowest BCUT2D eigenvalue weighted by molar-refractivity contribution is -0.140. The lowest BCUT2D eigenvalue weighted by Crippen LogP contribution is -2.44. The molecule has 0 amide bonds. The maximum atomic E-state index is 10.9. The van der Waals surface area contributed by atoms with Crippen LogP contribution in [-0.4, -0.2) is 23.2 Å². The van der Waals surface area contributed by atoms with Crippen molar-refractivity contribution in [2.75, 3.05) is 0 Å². The zero-order chi connectivity index (χ0) is 10.6. The van der Waals surface area contributed by atoms with Gasteiger partial charge in [0.1, 0.15) is 6.04 Å². The lowest BCUT2D eigenvalue weighted by atomic mass is 10.1. The van der Waals surface area contributed by atoms with Gasteiger partial charge in [-0.1, -0.05) is 20.3 Å². The summed E-state index contributed by atoms with van der Waals surface area (Å²) in [7, 11) is 0. The second kappa shape index (κ2) is 5.35. The molecule has 0 heterocycles. The molecule has 0 saturated heterocycles. The summed E-state index contributed by atoms with van der Waals surface area (Å²) in [4.78, 5) is 10.9. The zero-order valence-corrected chi connectivity index (χ0v) is 9.12. The van der Waals surface area contributed by atoms with Gasteiger partial charge >= 0.3 is 5.97 Å². The van der Waals surface area contributed by atoms with Crippen LogP contribution in [0.25, 0.3) is 0 Å². The third-order valence-electron chi connectivity index (χ3n) is 2.92. The summed E-state index contributed by atoms with van der Waals surface area (Å²) in [5, 5.41) is 12.3. The minimum Gasteiger partial charge on any atom is -0.480 e. The molecule has 2 unspecified atom stereocenters. The average Bonchev–Trinajstić information content (AvgIpc) is 2.95. The predicted octanol–water partition coefficient (Wildman–Crippen LogP) is 2.02. The molecule has 2 N–H and O–H groups in total. The molecule has 1 aliphatic rings. The summed E-state index contributed by atoms with van der Waals surface area (Å²) in [6.45, 7) is 4.15. The summed E-state index contributed by atoms with van der Waals surface area (Å²) >= 11 is 0. The van der Waals surface area contributed by atoms with E-state index >= 15 is 0 Å². The van der Waals surface area contributed by atoms with Crippen molar-refractivity contribution in [3.05, 3.63) is 0 Å². The molecule has 0 aromatic rings. The first-order valence-corrected chi connectivity index (χ1v) is 5.67. The van der Waals surface area contributed by atoms with Crippen LogP contribution < -0.4 is 5.32 Å². The summed E-state index contributed by atoms with van der Waals surface area (Å²) in [6, 6.07) is 0.0770. The fraction of sp³-hybridized carbons (Fsp3) is 0.909. The van der Waals surface area contributed by atoms with Gasteiger partial charge in [0, 0.05) is 6.04 Å². The van der Waals surface area contributed by atoms with Crippen molar-refractivity contribution in [1.82, 2.24) is 5.32 Å². The maximum Gasteiger partial charge on any atom is 0.320 e. The van der Waals surface area contributed by atoms with Gasteiger partial charge in [-0.15, -0.1) is 0 Å². The Morgan fingerprint density at radius 2 is 2.14 bits per heavy atom. The van der Waals surface area contributed by atoms with E-state index in [1.165, 1.54) is 12.8 Å². The highest BCUT2D eigenvalue weighted by molar-refractivity contribution is 5.73. The molecule has 1 fully saturated rings. The highest BCUT2D eigenvalue weighted by atomic mass is 16.4. The molecule has 1 saturated carbocycles. The Balaban J connectivity index is 2.39. The van der Waals surface area contributed by atoms with Crippen molar-refractivity contribution in [2.24, 2.45) is 5.92 Å². The van der Waals surface area contributed by atoms with E-state index in [2.05, 4.69) is 12.2 Å². The number of carboxylic acid groups (broad SMARTS) is 1. The molecule has 2 atom stereocenters. The molecule has 0 spiro atoms. The normalized spacial score (nSPS) is 20.4. The average molecular weight is 199 g/mol. The Morgan fingerprint density at radius 3 is 2.50 bits per heavy atom. The summed E-state index contributed by atoms with van der Waals surface area (Å²) < 4.78 is 0. The van der Waals surface area contributed by atoms with Crippen LogP contribution in [0.3, 0.4) is 0 Å². The number of rotatable bonds is 7. The lowest BCUT2D eigenvalue weighted by Gasteiger charge is -2.21. The summed E-state index contributed by atoms with van der Waals surface area (Å²) in [5.41, 5.74) is 0. The molecule has 0 aromatic heterocycles. The molecule has 0 bridgehead atoms. The Hall–Kier alpha value is -0.570. The monoisotopic (exact) mass is 199 g/mol. The van der Waals surface area contributed by atoms with E-state index in [9.17, 15) is 4.79 Å². The molecule has 3 nitrogen and oxygen atoms in total. The van der Waals surface area contributed by atoms with Crippen molar-refractivity contribution < 1.29 is 9.90 Å². The SMILES string of the molecule is CCCC(NC(CC)C1CC1)C(=O)O. The third-order valence-corrected chi connectivity index (χ3v) is 2.92.